The van der Waals surface area contributed by atoms with Crippen molar-refractivity contribution in [3.05, 3.63) is 64.4 Å². The second kappa shape index (κ2) is 9.91. The van der Waals surface area contributed by atoms with Crippen LogP contribution in [0.2, 0.25) is 0 Å². The number of hydrazine groups is 1. The molecule has 1 aromatic carbocycles. The quantitative estimate of drug-likeness (QED) is 0.324. The summed E-state index contributed by atoms with van der Waals surface area (Å²) < 4.78 is 15.4. The molecule has 12 nitrogen and oxygen atoms in total. The second-order valence-corrected chi connectivity index (χ2v) is 6.10. The van der Waals surface area contributed by atoms with Crippen LogP contribution in [0.1, 0.15) is 16.1 Å². The van der Waals surface area contributed by atoms with Crippen LogP contribution >= 0.6 is 0 Å². The van der Waals surface area contributed by atoms with Gasteiger partial charge in [-0.2, -0.15) is 0 Å². The van der Waals surface area contributed by atoms with Gasteiger partial charge in [0.1, 0.15) is 6.33 Å². The van der Waals surface area contributed by atoms with Crippen molar-refractivity contribution in [3.8, 4) is 11.5 Å². The average Bonchev–Trinajstić information content (AvgIpc) is 3.32. The van der Waals surface area contributed by atoms with Crippen molar-refractivity contribution >= 4 is 23.2 Å². The van der Waals surface area contributed by atoms with Gasteiger partial charge in [-0.05, 0) is 36.2 Å². The summed E-state index contributed by atoms with van der Waals surface area (Å²) in [5, 5.41) is 14.5. The first-order valence-corrected chi connectivity index (χ1v) is 9.07. The molecule has 3 aromatic rings. The molecule has 0 unspecified atom stereocenters. The number of hydrogen-bond donors (Lipinski definition) is 3. The van der Waals surface area contributed by atoms with Crippen LogP contribution in [-0.2, 0) is 6.42 Å². The van der Waals surface area contributed by atoms with Gasteiger partial charge >= 0.3 is 11.6 Å². The summed E-state index contributed by atoms with van der Waals surface area (Å²) >= 11 is 0. The number of aromatic nitrogens is 2. The highest BCUT2D eigenvalue weighted by molar-refractivity contribution is 5.92. The molecule has 1 amide bonds. The monoisotopic (exact) mass is 428 g/mol. The molecule has 2 heterocycles. The molecule has 2 aromatic heterocycles. The van der Waals surface area contributed by atoms with Crippen LogP contribution in [0.5, 0.6) is 11.5 Å². The zero-order valence-corrected chi connectivity index (χ0v) is 16.7. The lowest BCUT2D eigenvalue weighted by Gasteiger charge is -2.11. The van der Waals surface area contributed by atoms with E-state index in [0.717, 1.165) is 11.9 Å². The van der Waals surface area contributed by atoms with Gasteiger partial charge in [-0.1, -0.05) is 6.07 Å². The Balaban J connectivity index is 1.68. The number of nitrogens with zero attached hydrogens (tertiary/aromatic N) is 3. The molecule has 3 N–H and O–H groups in total. The number of rotatable bonds is 10. The summed E-state index contributed by atoms with van der Waals surface area (Å²) in [7, 11) is 3.10. The van der Waals surface area contributed by atoms with Gasteiger partial charge in [-0.3, -0.25) is 25.8 Å². The lowest BCUT2D eigenvalue weighted by molar-refractivity contribution is -0.383. The fraction of sp³-hybridized carbons (Fsp3) is 0.211. The highest BCUT2D eigenvalue weighted by Gasteiger charge is 2.23. The van der Waals surface area contributed by atoms with Gasteiger partial charge in [0.2, 0.25) is 11.6 Å². The van der Waals surface area contributed by atoms with Crippen molar-refractivity contribution in [3.63, 3.8) is 0 Å². The maximum atomic E-state index is 12.0. The van der Waals surface area contributed by atoms with E-state index in [1.807, 2.05) is 12.1 Å². The maximum Gasteiger partial charge on any atom is 0.354 e. The Bertz CT molecular complexity index is 1060. The normalized spacial score (nSPS) is 10.3. The van der Waals surface area contributed by atoms with Gasteiger partial charge in [0.05, 0.1) is 25.4 Å². The number of benzene rings is 1. The van der Waals surface area contributed by atoms with E-state index in [1.165, 1.54) is 12.3 Å². The average molecular weight is 428 g/mol. The molecular formula is C19H20N6O6. The number of anilines is 2. The zero-order valence-electron chi connectivity index (χ0n) is 16.7. The first-order chi connectivity index (χ1) is 15.0. The standard InChI is InChI=1S/C19H20N6O6/c1-29-13-6-5-12(10-15(13)30-2)7-8-20-17-16(25(27)28)18(22-11-21-17)23-24-19(26)14-4-3-9-31-14/h3-6,9-11H,7-8H2,1-2H3,(H,24,26)(H2,20,21,22,23). The molecule has 0 atom stereocenters. The van der Waals surface area contributed by atoms with Gasteiger partial charge in [-0.15, -0.1) is 0 Å². The molecule has 0 saturated heterocycles. The fourth-order valence-electron chi connectivity index (χ4n) is 2.72. The third-order valence-corrected chi connectivity index (χ3v) is 4.20. The number of carbonyl (C=O) groups excluding carboxylic acids is 1. The Morgan fingerprint density at radius 2 is 1.94 bits per heavy atom. The molecular weight excluding hydrogens is 408 g/mol. The summed E-state index contributed by atoms with van der Waals surface area (Å²) in [5.74, 6) is 0.465. The smallest absolute Gasteiger partial charge is 0.354 e. The summed E-state index contributed by atoms with van der Waals surface area (Å²) in [6.45, 7) is 0.353. The fourth-order valence-corrected chi connectivity index (χ4v) is 2.72. The van der Waals surface area contributed by atoms with Crippen LogP contribution in [0, 0.1) is 10.1 Å². The highest BCUT2D eigenvalue weighted by atomic mass is 16.6. The Kier molecular flexibility index (Phi) is 6.83. The molecule has 0 fully saturated rings. The Morgan fingerprint density at radius 3 is 2.61 bits per heavy atom. The van der Waals surface area contributed by atoms with E-state index in [0.29, 0.717) is 24.5 Å². The molecule has 162 valence electrons. The van der Waals surface area contributed by atoms with Crippen LogP contribution < -0.4 is 25.6 Å². The molecule has 0 spiro atoms. The minimum Gasteiger partial charge on any atom is -0.493 e. The summed E-state index contributed by atoms with van der Waals surface area (Å²) in [5.41, 5.74) is 5.26. The van der Waals surface area contributed by atoms with Crippen molar-refractivity contribution in [1.29, 1.82) is 0 Å². The summed E-state index contributed by atoms with van der Waals surface area (Å²) in [6.07, 6.45) is 3.02. The van der Waals surface area contributed by atoms with E-state index in [9.17, 15) is 14.9 Å². The van der Waals surface area contributed by atoms with Crippen molar-refractivity contribution in [2.24, 2.45) is 0 Å². The van der Waals surface area contributed by atoms with Gasteiger partial charge in [0.15, 0.2) is 17.3 Å². The van der Waals surface area contributed by atoms with E-state index < -0.39 is 16.5 Å². The predicted molar refractivity (Wildman–Crippen MR) is 110 cm³/mol. The first kappa shape index (κ1) is 21.4. The van der Waals surface area contributed by atoms with Gasteiger partial charge in [0.25, 0.3) is 0 Å². The molecule has 0 radical (unpaired) electrons. The molecule has 0 aliphatic rings. The van der Waals surface area contributed by atoms with Gasteiger partial charge in [0, 0.05) is 6.54 Å². The number of carbonyl (C=O) groups is 1. The first-order valence-electron chi connectivity index (χ1n) is 9.07. The zero-order chi connectivity index (χ0) is 22.2. The van der Waals surface area contributed by atoms with Crippen LogP contribution in [0.25, 0.3) is 0 Å². The largest absolute Gasteiger partial charge is 0.493 e. The molecule has 0 aliphatic heterocycles. The van der Waals surface area contributed by atoms with Crippen LogP contribution in [0.15, 0.2) is 47.3 Å². The summed E-state index contributed by atoms with van der Waals surface area (Å²) in [6, 6.07) is 8.47. The number of nitro groups is 1. The van der Waals surface area contributed by atoms with Gasteiger partial charge < -0.3 is 19.2 Å². The van der Waals surface area contributed by atoms with Gasteiger partial charge in [-0.25, -0.2) is 9.97 Å². The van der Waals surface area contributed by atoms with Crippen LogP contribution in [-0.4, -0.2) is 41.6 Å². The lowest BCUT2D eigenvalue weighted by Crippen LogP contribution is -2.30. The lowest BCUT2D eigenvalue weighted by atomic mass is 10.1. The number of furan rings is 1. The van der Waals surface area contributed by atoms with Crippen molar-refractivity contribution in [1.82, 2.24) is 15.4 Å². The maximum absolute atomic E-state index is 12.0. The van der Waals surface area contributed by atoms with E-state index in [4.69, 9.17) is 13.9 Å². The Labute approximate surface area is 176 Å². The van der Waals surface area contributed by atoms with Crippen LogP contribution in [0.3, 0.4) is 0 Å². The number of methoxy groups -OCH3 is 2. The highest BCUT2D eigenvalue weighted by Crippen LogP contribution is 2.29. The SMILES string of the molecule is COc1ccc(CCNc2ncnc(NNC(=O)c3ccco3)c2[N+](=O)[O-])cc1OC. The van der Waals surface area contributed by atoms with E-state index in [2.05, 4.69) is 26.1 Å². The Morgan fingerprint density at radius 1 is 1.16 bits per heavy atom. The van der Waals surface area contributed by atoms with Crippen molar-refractivity contribution < 1.29 is 23.6 Å². The predicted octanol–water partition coefficient (Wildman–Crippen LogP) is 2.41. The molecule has 12 heteroatoms. The number of ether oxygens (including phenoxy) is 2. The number of nitrogens with one attached hydrogen (secondary N) is 3. The molecule has 31 heavy (non-hydrogen) atoms. The van der Waals surface area contributed by atoms with E-state index in [1.54, 1.807) is 26.4 Å². The third kappa shape index (κ3) is 5.18. The Hall–Kier alpha value is -4.35. The van der Waals surface area contributed by atoms with Crippen molar-refractivity contribution in [2.45, 2.75) is 6.42 Å². The number of amides is 1. The van der Waals surface area contributed by atoms with E-state index >= 15 is 0 Å². The third-order valence-electron chi connectivity index (χ3n) is 4.20. The summed E-state index contributed by atoms with van der Waals surface area (Å²) in [4.78, 5) is 30.7. The topological polar surface area (TPSA) is 154 Å². The minimum atomic E-state index is -0.639. The molecule has 0 aliphatic carbocycles. The molecule has 3 rings (SSSR count). The van der Waals surface area contributed by atoms with E-state index in [-0.39, 0.29) is 17.4 Å². The minimum absolute atomic E-state index is 0.00947. The molecule has 0 saturated carbocycles. The molecule has 0 bridgehead atoms. The number of hydrogen-bond acceptors (Lipinski definition) is 10. The van der Waals surface area contributed by atoms with Crippen molar-refractivity contribution in [2.75, 3.05) is 31.5 Å². The second-order valence-electron chi connectivity index (χ2n) is 6.10. The van der Waals surface area contributed by atoms with Crippen LogP contribution in [0.4, 0.5) is 17.3 Å².